The van der Waals surface area contributed by atoms with E-state index < -0.39 is 0 Å². The first kappa shape index (κ1) is 30.6. The van der Waals surface area contributed by atoms with Crippen molar-refractivity contribution in [2.45, 2.75) is 56.8 Å². The van der Waals surface area contributed by atoms with Gasteiger partial charge in [0, 0.05) is 31.5 Å². The maximum absolute atomic E-state index is 12.7. The van der Waals surface area contributed by atoms with Crippen molar-refractivity contribution in [1.29, 1.82) is 0 Å². The molecular formula is C39H46N2O2. The van der Waals surface area contributed by atoms with Crippen LogP contribution in [0.4, 0.5) is 0 Å². The first-order valence-corrected chi connectivity index (χ1v) is 16.0. The molecule has 0 atom stereocenters. The minimum Gasteiger partial charge on any atom is -0.497 e. The van der Waals surface area contributed by atoms with Gasteiger partial charge in [0.05, 0.1) is 7.11 Å². The number of methoxy groups -OCH3 is 1. The van der Waals surface area contributed by atoms with E-state index in [0.29, 0.717) is 13.0 Å². The van der Waals surface area contributed by atoms with E-state index in [0.717, 1.165) is 75.9 Å². The molecule has 4 aromatic carbocycles. The highest BCUT2D eigenvalue weighted by Gasteiger charge is 2.33. The van der Waals surface area contributed by atoms with E-state index in [4.69, 9.17) is 4.74 Å². The maximum Gasteiger partial charge on any atom is 0.220 e. The fourth-order valence-electron chi connectivity index (χ4n) is 6.68. The molecule has 0 fully saturated rings. The highest BCUT2D eigenvalue weighted by atomic mass is 16.5. The lowest BCUT2D eigenvalue weighted by molar-refractivity contribution is -0.121. The summed E-state index contributed by atoms with van der Waals surface area (Å²) >= 11 is 0. The van der Waals surface area contributed by atoms with Crippen LogP contribution >= 0.6 is 0 Å². The van der Waals surface area contributed by atoms with Crippen LogP contribution in [0, 0.1) is 0 Å². The summed E-state index contributed by atoms with van der Waals surface area (Å²) in [6, 6.07) is 39.0. The highest BCUT2D eigenvalue weighted by Crippen LogP contribution is 2.41. The molecule has 5 rings (SSSR count). The third-order valence-electron chi connectivity index (χ3n) is 9.15. The molecule has 1 amide bonds. The van der Waals surface area contributed by atoms with Crippen molar-refractivity contribution in [2.24, 2.45) is 0 Å². The van der Waals surface area contributed by atoms with Gasteiger partial charge in [-0.1, -0.05) is 97.1 Å². The van der Waals surface area contributed by atoms with Gasteiger partial charge in [-0.2, -0.15) is 0 Å². The van der Waals surface area contributed by atoms with Crippen molar-refractivity contribution in [2.75, 3.05) is 33.3 Å². The van der Waals surface area contributed by atoms with Crippen molar-refractivity contribution in [1.82, 2.24) is 10.2 Å². The van der Waals surface area contributed by atoms with Crippen molar-refractivity contribution < 1.29 is 9.53 Å². The normalized spacial score (nSPS) is 13.6. The standard InChI is InChI=1S/C39H46N2O2/c1-43-37-21-18-32(19-22-37)20-23-38(42)40-28-10-26-39(35-14-4-2-5-15-35,36-16-6-3-7-17-36)27-11-29-41-30-24-33-12-8-9-13-34(33)25-31-41/h2-9,12-19,21-22H,10-11,20,23-31H2,1H3,(H,40,42). The van der Waals surface area contributed by atoms with E-state index in [1.54, 1.807) is 7.11 Å². The Kier molecular flexibility index (Phi) is 11.0. The summed E-state index contributed by atoms with van der Waals surface area (Å²) in [6.07, 6.45) is 7.63. The largest absolute Gasteiger partial charge is 0.497 e. The van der Waals surface area contributed by atoms with Crippen molar-refractivity contribution in [3.05, 3.63) is 137 Å². The van der Waals surface area contributed by atoms with Crippen LogP contribution in [0.2, 0.25) is 0 Å². The van der Waals surface area contributed by atoms with E-state index in [-0.39, 0.29) is 11.3 Å². The number of nitrogens with zero attached hydrogens (tertiary/aromatic N) is 1. The lowest BCUT2D eigenvalue weighted by atomic mass is 9.68. The van der Waals surface area contributed by atoms with Gasteiger partial charge in [-0.05, 0) is 91.4 Å². The molecule has 0 spiro atoms. The number of hydrogen-bond donors (Lipinski definition) is 1. The minimum atomic E-state index is -0.0921. The van der Waals surface area contributed by atoms with E-state index in [2.05, 4.69) is 95.1 Å². The van der Waals surface area contributed by atoms with Crippen LogP contribution in [0.1, 0.15) is 59.9 Å². The van der Waals surface area contributed by atoms with Gasteiger partial charge in [0.1, 0.15) is 5.75 Å². The van der Waals surface area contributed by atoms with Gasteiger partial charge < -0.3 is 15.0 Å². The molecule has 0 saturated carbocycles. The number of hydrogen-bond acceptors (Lipinski definition) is 3. The van der Waals surface area contributed by atoms with E-state index in [1.165, 1.54) is 22.3 Å². The molecule has 0 bridgehead atoms. The summed E-state index contributed by atoms with van der Waals surface area (Å²) in [4.78, 5) is 15.4. The number of rotatable bonds is 14. The monoisotopic (exact) mass is 574 g/mol. The van der Waals surface area contributed by atoms with Crippen LogP contribution in [0.25, 0.3) is 0 Å². The third kappa shape index (κ3) is 8.36. The van der Waals surface area contributed by atoms with Crippen LogP contribution in [-0.2, 0) is 29.5 Å². The number of aryl methyl sites for hydroxylation is 1. The van der Waals surface area contributed by atoms with Crippen LogP contribution in [0.5, 0.6) is 5.75 Å². The van der Waals surface area contributed by atoms with Gasteiger partial charge in [0.15, 0.2) is 0 Å². The quantitative estimate of drug-likeness (QED) is 0.160. The maximum atomic E-state index is 12.7. The van der Waals surface area contributed by atoms with Gasteiger partial charge in [0.2, 0.25) is 5.91 Å². The molecule has 4 nitrogen and oxygen atoms in total. The second-order valence-electron chi connectivity index (χ2n) is 11.8. The molecule has 1 heterocycles. The molecular weight excluding hydrogens is 528 g/mol. The number of ether oxygens (including phenoxy) is 1. The Morgan fingerprint density at radius 1 is 0.744 bits per heavy atom. The van der Waals surface area contributed by atoms with E-state index in [1.807, 2.05) is 24.3 Å². The lowest BCUT2D eigenvalue weighted by Crippen LogP contribution is -2.33. The van der Waals surface area contributed by atoms with Crippen LogP contribution < -0.4 is 10.1 Å². The Hall–Kier alpha value is -3.89. The molecule has 1 N–H and O–H groups in total. The Balaban J connectivity index is 1.21. The SMILES string of the molecule is COc1ccc(CCC(=O)NCCCC(CCCN2CCc3ccccc3CC2)(c2ccccc2)c2ccccc2)cc1. The molecule has 4 heteroatoms. The fraction of sp³-hybridized carbons (Fsp3) is 0.359. The summed E-state index contributed by atoms with van der Waals surface area (Å²) < 4.78 is 5.24. The number of carbonyl (C=O) groups is 1. The summed E-state index contributed by atoms with van der Waals surface area (Å²) in [5.74, 6) is 0.952. The topological polar surface area (TPSA) is 41.6 Å². The smallest absolute Gasteiger partial charge is 0.220 e. The van der Waals surface area contributed by atoms with Crippen LogP contribution in [0.15, 0.2) is 109 Å². The highest BCUT2D eigenvalue weighted by molar-refractivity contribution is 5.76. The molecule has 0 aliphatic carbocycles. The second kappa shape index (κ2) is 15.5. The van der Waals surface area contributed by atoms with Gasteiger partial charge in [-0.25, -0.2) is 0 Å². The molecule has 0 aromatic heterocycles. The number of benzene rings is 4. The first-order valence-electron chi connectivity index (χ1n) is 16.0. The van der Waals surface area contributed by atoms with Crippen LogP contribution in [0.3, 0.4) is 0 Å². The number of amides is 1. The number of carbonyl (C=O) groups excluding carboxylic acids is 1. The Bertz CT molecular complexity index is 1340. The van der Waals surface area contributed by atoms with Gasteiger partial charge >= 0.3 is 0 Å². The average molecular weight is 575 g/mol. The molecule has 0 unspecified atom stereocenters. The molecule has 43 heavy (non-hydrogen) atoms. The zero-order valence-corrected chi connectivity index (χ0v) is 25.6. The fourth-order valence-corrected chi connectivity index (χ4v) is 6.68. The Morgan fingerprint density at radius 2 is 1.30 bits per heavy atom. The zero-order valence-electron chi connectivity index (χ0n) is 25.6. The van der Waals surface area contributed by atoms with Crippen LogP contribution in [-0.4, -0.2) is 44.1 Å². The predicted octanol–water partition coefficient (Wildman–Crippen LogP) is 7.39. The Morgan fingerprint density at radius 3 is 1.88 bits per heavy atom. The summed E-state index contributed by atoms with van der Waals surface area (Å²) in [5, 5.41) is 3.20. The molecule has 224 valence electrons. The summed E-state index contributed by atoms with van der Waals surface area (Å²) in [7, 11) is 1.67. The van der Waals surface area contributed by atoms with Gasteiger partial charge in [-0.3, -0.25) is 4.79 Å². The molecule has 1 aliphatic heterocycles. The average Bonchev–Trinajstić information content (AvgIpc) is 3.28. The van der Waals surface area contributed by atoms with Crippen molar-refractivity contribution >= 4 is 5.91 Å². The summed E-state index contributed by atoms with van der Waals surface area (Å²) in [5.41, 5.74) is 6.82. The number of fused-ring (bicyclic) bond motifs is 1. The molecule has 0 saturated heterocycles. The Labute approximate surface area is 258 Å². The van der Waals surface area contributed by atoms with E-state index in [9.17, 15) is 4.79 Å². The first-order chi connectivity index (χ1) is 21.2. The lowest BCUT2D eigenvalue weighted by Gasteiger charge is -2.36. The zero-order chi connectivity index (χ0) is 29.7. The molecule has 1 aliphatic rings. The van der Waals surface area contributed by atoms with Gasteiger partial charge in [-0.15, -0.1) is 0 Å². The predicted molar refractivity (Wildman–Crippen MR) is 177 cm³/mol. The van der Waals surface area contributed by atoms with Gasteiger partial charge in [0.25, 0.3) is 0 Å². The van der Waals surface area contributed by atoms with Crippen molar-refractivity contribution in [3.63, 3.8) is 0 Å². The van der Waals surface area contributed by atoms with E-state index >= 15 is 0 Å². The third-order valence-corrected chi connectivity index (χ3v) is 9.15. The second-order valence-corrected chi connectivity index (χ2v) is 11.8. The molecule has 0 radical (unpaired) electrons. The summed E-state index contributed by atoms with van der Waals surface area (Å²) in [6.45, 7) is 4.05. The molecule has 4 aromatic rings. The van der Waals surface area contributed by atoms with Crippen molar-refractivity contribution in [3.8, 4) is 5.75 Å². The number of nitrogens with one attached hydrogen (secondary N) is 1. The minimum absolute atomic E-state index is 0.0921.